The third-order valence-corrected chi connectivity index (χ3v) is 11.7. The Morgan fingerprint density at radius 3 is 2.50 bits per heavy atom. The molecular weight excluding hydrogens is 450 g/mol. The van der Waals surface area contributed by atoms with Gasteiger partial charge in [0.25, 0.3) is 0 Å². The van der Waals surface area contributed by atoms with Gasteiger partial charge in [-0.2, -0.15) is 0 Å². The number of fused-ring (bicyclic) bond motifs is 3. The van der Waals surface area contributed by atoms with Crippen molar-refractivity contribution in [2.24, 2.45) is 5.92 Å². The summed E-state index contributed by atoms with van der Waals surface area (Å²) in [5.41, 5.74) is 6.12. The van der Waals surface area contributed by atoms with Gasteiger partial charge in [0.15, 0.2) is 0 Å². The second kappa shape index (κ2) is 7.01. The average molecular weight is 469 g/mol. The van der Waals surface area contributed by atoms with Gasteiger partial charge in [-0.1, -0.05) is 0 Å². The maximum atomic E-state index is 2.57. The first-order valence-corrected chi connectivity index (χ1v) is 14.0. The van der Waals surface area contributed by atoms with Gasteiger partial charge >= 0.3 is 134 Å². The van der Waals surface area contributed by atoms with Crippen LogP contribution in [-0.4, -0.2) is 19.8 Å². The van der Waals surface area contributed by atoms with Crippen molar-refractivity contribution < 1.29 is 26.2 Å². The molecular formula is C20H19SnZr. The van der Waals surface area contributed by atoms with Crippen LogP contribution >= 0.6 is 0 Å². The smallest absolute Gasteiger partial charge is 0 e. The second-order valence-corrected chi connectivity index (χ2v) is 13.2. The molecule has 0 N–H and O–H groups in total. The van der Waals surface area contributed by atoms with Gasteiger partial charge in [0.05, 0.1) is 0 Å². The Kier molecular flexibility index (Phi) is 5.25. The second-order valence-electron chi connectivity index (χ2n) is 6.08. The molecule has 107 valence electrons. The standard InChI is InChI=1S/C13H9.C6H7.CH3.Sn.Zr/c1-3-7-12-10(5-1)9-11-6-2-4-8-13(11)12;1-6-4-2-3-5-6;;;/h1-5,7-8H,9H2;2-6H,1H2;1H3;;. The molecule has 0 heterocycles. The molecule has 0 spiro atoms. The quantitative estimate of drug-likeness (QED) is 0.502. The van der Waals surface area contributed by atoms with Crippen LogP contribution in [0.1, 0.15) is 11.1 Å². The van der Waals surface area contributed by atoms with Crippen molar-refractivity contribution in [3.05, 3.63) is 77.9 Å². The molecule has 4 rings (SSSR count). The van der Waals surface area contributed by atoms with Crippen molar-refractivity contribution in [1.82, 2.24) is 0 Å². The number of hydrogen-bond acceptors (Lipinski definition) is 0. The summed E-state index contributed by atoms with van der Waals surface area (Å²) in [4.78, 5) is 2.57. The van der Waals surface area contributed by atoms with Crippen molar-refractivity contribution in [1.29, 1.82) is 0 Å². The fourth-order valence-electron chi connectivity index (χ4n) is 3.63. The average Bonchev–Trinajstić information content (AvgIpc) is 3.13. The summed E-state index contributed by atoms with van der Waals surface area (Å²) in [6.45, 7) is 0. The third kappa shape index (κ3) is 2.99. The Bertz CT molecular complexity index is 733. The van der Waals surface area contributed by atoms with Gasteiger partial charge in [0.2, 0.25) is 0 Å². The molecule has 0 saturated heterocycles. The molecule has 0 unspecified atom stereocenters. The van der Waals surface area contributed by atoms with Crippen LogP contribution in [-0.2, 0) is 32.6 Å². The van der Waals surface area contributed by atoms with E-state index in [2.05, 4.69) is 71.7 Å². The van der Waals surface area contributed by atoms with Crippen molar-refractivity contribution in [3.8, 4) is 11.1 Å². The first kappa shape index (κ1) is 16.5. The molecule has 0 nitrogen and oxygen atoms in total. The summed E-state index contributed by atoms with van der Waals surface area (Å²) in [5, 5.41) is 0. The van der Waals surface area contributed by atoms with Crippen LogP contribution < -0.4 is 3.58 Å². The minimum absolute atomic E-state index is 0. The Hall–Kier alpha value is -0.398. The van der Waals surface area contributed by atoms with E-state index in [1.165, 1.54) is 21.1 Å². The van der Waals surface area contributed by atoms with Crippen LogP contribution in [0.3, 0.4) is 0 Å². The Morgan fingerprint density at radius 1 is 0.955 bits per heavy atom. The summed E-state index contributed by atoms with van der Waals surface area (Å²) in [6.07, 6.45) is 10.3. The van der Waals surface area contributed by atoms with E-state index in [0.29, 0.717) is 5.92 Å². The number of benzene rings is 2. The fourth-order valence-corrected chi connectivity index (χ4v) is 10.3. The predicted molar refractivity (Wildman–Crippen MR) is 92.5 cm³/mol. The molecule has 0 aliphatic heterocycles. The molecule has 2 aliphatic rings. The van der Waals surface area contributed by atoms with Gasteiger partial charge in [-0.15, -0.1) is 0 Å². The molecule has 0 aromatic heterocycles. The van der Waals surface area contributed by atoms with E-state index in [0.717, 1.165) is 6.42 Å². The zero-order valence-electron chi connectivity index (χ0n) is 12.8. The minimum atomic E-state index is -1.51. The molecule has 0 atom stereocenters. The summed E-state index contributed by atoms with van der Waals surface area (Å²) < 4.78 is 3.14. The third-order valence-electron chi connectivity index (χ3n) is 4.68. The Balaban J connectivity index is 0.00000144. The Morgan fingerprint density at radius 2 is 1.68 bits per heavy atom. The SMILES string of the molecule is [CH3][Sn]([CH2]C1C=CC=C1)[c]1cccc2c1Cc1ccccc1-2.[Zr]. The van der Waals surface area contributed by atoms with Gasteiger partial charge < -0.3 is 0 Å². The molecule has 2 aromatic carbocycles. The van der Waals surface area contributed by atoms with Crippen LogP contribution in [0.5, 0.6) is 0 Å². The van der Waals surface area contributed by atoms with Crippen molar-refractivity contribution in [2.45, 2.75) is 15.8 Å². The summed E-state index contributed by atoms with van der Waals surface area (Å²) in [6, 6.07) is 15.9. The summed E-state index contributed by atoms with van der Waals surface area (Å²) in [5.74, 6) is 0.698. The van der Waals surface area contributed by atoms with Gasteiger partial charge in [0.1, 0.15) is 0 Å². The normalized spacial score (nSPS) is 15.0. The van der Waals surface area contributed by atoms with Crippen LogP contribution in [0.15, 0.2) is 66.8 Å². The Labute approximate surface area is 159 Å². The van der Waals surface area contributed by atoms with Gasteiger partial charge in [0, 0.05) is 26.2 Å². The first-order valence-electron chi connectivity index (χ1n) is 7.71. The predicted octanol–water partition coefficient (Wildman–Crippen LogP) is 4.33. The minimum Gasteiger partial charge on any atom is 0 e. The molecule has 22 heavy (non-hydrogen) atoms. The zero-order chi connectivity index (χ0) is 14.2. The van der Waals surface area contributed by atoms with E-state index in [4.69, 9.17) is 0 Å². The van der Waals surface area contributed by atoms with E-state index in [-0.39, 0.29) is 26.2 Å². The molecule has 1 radical (unpaired) electrons. The monoisotopic (exact) mass is 469 g/mol. The van der Waals surface area contributed by atoms with E-state index < -0.39 is 19.8 Å². The van der Waals surface area contributed by atoms with Crippen LogP contribution in [0.2, 0.25) is 9.38 Å². The van der Waals surface area contributed by atoms with Crippen LogP contribution in [0.25, 0.3) is 11.1 Å². The fraction of sp³-hybridized carbons (Fsp3) is 0.200. The molecule has 2 aromatic rings. The van der Waals surface area contributed by atoms with Crippen LogP contribution in [0.4, 0.5) is 0 Å². The van der Waals surface area contributed by atoms with E-state index in [9.17, 15) is 0 Å². The molecule has 0 fully saturated rings. The number of hydrogen-bond donors (Lipinski definition) is 0. The first-order chi connectivity index (χ1) is 10.3. The molecule has 0 saturated carbocycles. The topological polar surface area (TPSA) is 0 Å². The maximum absolute atomic E-state index is 2.57. The van der Waals surface area contributed by atoms with Gasteiger partial charge in [-0.25, -0.2) is 0 Å². The largest absolute Gasteiger partial charge is 0 e. The van der Waals surface area contributed by atoms with E-state index in [1.54, 1.807) is 9.14 Å². The number of rotatable bonds is 3. The summed E-state index contributed by atoms with van der Waals surface area (Å²) in [7, 11) is 0. The molecule has 2 heteroatoms. The van der Waals surface area contributed by atoms with Gasteiger partial charge in [-0.3, -0.25) is 0 Å². The zero-order valence-corrected chi connectivity index (χ0v) is 18.2. The van der Waals surface area contributed by atoms with Crippen LogP contribution in [0, 0.1) is 5.92 Å². The summed E-state index contributed by atoms with van der Waals surface area (Å²) >= 11 is -1.51. The maximum Gasteiger partial charge on any atom is 0 e. The van der Waals surface area contributed by atoms with Gasteiger partial charge in [-0.05, 0) is 0 Å². The van der Waals surface area contributed by atoms with E-state index in [1.807, 2.05) is 0 Å². The van der Waals surface area contributed by atoms with Crippen molar-refractivity contribution in [2.75, 3.05) is 0 Å². The van der Waals surface area contributed by atoms with E-state index >= 15 is 0 Å². The molecule has 0 bridgehead atoms. The van der Waals surface area contributed by atoms with Crippen molar-refractivity contribution >= 4 is 23.3 Å². The number of allylic oxidation sites excluding steroid dienone is 4. The van der Waals surface area contributed by atoms with Crippen molar-refractivity contribution in [3.63, 3.8) is 0 Å². The molecule has 0 amide bonds. The molecule has 2 aliphatic carbocycles.